The number of carbonyl (C=O) groups is 1. The van der Waals surface area contributed by atoms with Crippen LogP contribution in [0.3, 0.4) is 0 Å². The maximum absolute atomic E-state index is 10.4. The molecule has 52 valence electrons. The van der Waals surface area contributed by atoms with Crippen LogP contribution < -0.4 is 0 Å². The van der Waals surface area contributed by atoms with Gasteiger partial charge in [-0.05, 0) is 24.8 Å². The predicted octanol–water partition coefficient (Wildman–Crippen LogP) is 2.05. The summed E-state index contributed by atoms with van der Waals surface area (Å²) in [6, 6.07) is 0. The smallest absolute Gasteiger partial charge is 0.151 e. The maximum Gasteiger partial charge on any atom is 0.151 e. The van der Waals surface area contributed by atoms with Crippen LogP contribution in [0.25, 0.3) is 0 Å². The fraction of sp³-hybridized carbons (Fsp3) is 0.375. The summed E-state index contributed by atoms with van der Waals surface area (Å²) in [5, 5.41) is 1.97. The SMILES string of the molecule is O=Cc1csc2c1CCC2. The summed E-state index contributed by atoms with van der Waals surface area (Å²) in [4.78, 5) is 11.9. The molecule has 0 saturated heterocycles. The Morgan fingerprint density at radius 2 is 2.40 bits per heavy atom. The Labute approximate surface area is 63.7 Å². The van der Waals surface area contributed by atoms with Gasteiger partial charge in [-0.1, -0.05) is 0 Å². The molecule has 2 heteroatoms. The molecule has 0 amide bonds. The molecule has 1 nitrogen and oxygen atoms in total. The molecule has 1 aromatic heterocycles. The van der Waals surface area contributed by atoms with E-state index in [9.17, 15) is 4.79 Å². The fourth-order valence-corrected chi connectivity index (χ4v) is 2.55. The lowest BCUT2D eigenvalue weighted by molar-refractivity contribution is 0.112. The predicted molar refractivity (Wildman–Crippen MR) is 41.7 cm³/mol. The van der Waals surface area contributed by atoms with Crippen molar-refractivity contribution in [2.24, 2.45) is 0 Å². The van der Waals surface area contributed by atoms with Gasteiger partial charge >= 0.3 is 0 Å². The van der Waals surface area contributed by atoms with Gasteiger partial charge in [-0.25, -0.2) is 0 Å². The van der Waals surface area contributed by atoms with Crippen LogP contribution in [-0.4, -0.2) is 6.29 Å². The van der Waals surface area contributed by atoms with Crippen molar-refractivity contribution in [3.8, 4) is 0 Å². The van der Waals surface area contributed by atoms with Crippen LogP contribution in [0.5, 0.6) is 0 Å². The molecular weight excluding hydrogens is 144 g/mol. The van der Waals surface area contributed by atoms with Gasteiger partial charge in [0.25, 0.3) is 0 Å². The Morgan fingerprint density at radius 1 is 1.50 bits per heavy atom. The number of fused-ring (bicyclic) bond motifs is 1. The zero-order valence-electron chi connectivity index (χ0n) is 5.59. The van der Waals surface area contributed by atoms with Crippen LogP contribution >= 0.6 is 11.3 Å². The highest BCUT2D eigenvalue weighted by Crippen LogP contribution is 2.29. The standard InChI is InChI=1S/C8H8OS/c9-4-6-5-10-8-3-1-2-7(6)8/h4-5H,1-3H2. The molecule has 0 aliphatic heterocycles. The van der Waals surface area contributed by atoms with Crippen molar-refractivity contribution in [1.82, 2.24) is 0 Å². The number of thiophene rings is 1. The third-order valence-corrected chi connectivity index (χ3v) is 3.08. The normalized spacial score (nSPS) is 15.2. The molecule has 0 saturated carbocycles. The van der Waals surface area contributed by atoms with Gasteiger partial charge in [0.05, 0.1) is 0 Å². The zero-order valence-corrected chi connectivity index (χ0v) is 6.41. The number of aldehydes is 1. The fourth-order valence-electron chi connectivity index (χ4n) is 1.46. The molecule has 0 bridgehead atoms. The van der Waals surface area contributed by atoms with E-state index in [1.54, 1.807) is 11.3 Å². The second-order valence-electron chi connectivity index (χ2n) is 2.56. The first-order valence-corrected chi connectivity index (χ1v) is 4.34. The highest BCUT2D eigenvalue weighted by molar-refractivity contribution is 7.10. The van der Waals surface area contributed by atoms with Crippen molar-refractivity contribution in [3.63, 3.8) is 0 Å². The second-order valence-corrected chi connectivity index (χ2v) is 3.53. The van der Waals surface area contributed by atoms with Gasteiger partial charge < -0.3 is 0 Å². The van der Waals surface area contributed by atoms with Gasteiger partial charge in [0.2, 0.25) is 0 Å². The van der Waals surface area contributed by atoms with Crippen molar-refractivity contribution in [1.29, 1.82) is 0 Å². The summed E-state index contributed by atoms with van der Waals surface area (Å²) in [5.41, 5.74) is 2.25. The van der Waals surface area contributed by atoms with E-state index in [1.807, 2.05) is 5.38 Å². The summed E-state index contributed by atoms with van der Waals surface area (Å²) in [7, 11) is 0. The molecule has 0 unspecified atom stereocenters. The average Bonchev–Trinajstić information content (AvgIpc) is 2.44. The molecule has 1 aliphatic rings. The summed E-state index contributed by atoms with van der Waals surface area (Å²) in [6.45, 7) is 0. The van der Waals surface area contributed by atoms with Gasteiger partial charge in [0, 0.05) is 15.8 Å². The van der Waals surface area contributed by atoms with Crippen molar-refractivity contribution < 1.29 is 4.79 Å². The van der Waals surface area contributed by atoms with Crippen LogP contribution in [0.2, 0.25) is 0 Å². The van der Waals surface area contributed by atoms with E-state index in [4.69, 9.17) is 0 Å². The minimum Gasteiger partial charge on any atom is -0.298 e. The number of hydrogen-bond acceptors (Lipinski definition) is 2. The van der Waals surface area contributed by atoms with Crippen LogP contribution in [0.1, 0.15) is 27.2 Å². The topological polar surface area (TPSA) is 17.1 Å². The third-order valence-electron chi connectivity index (χ3n) is 1.97. The van der Waals surface area contributed by atoms with Gasteiger partial charge in [-0.2, -0.15) is 0 Å². The number of carbonyl (C=O) groups excluding carboxylic acids is 1. The Hall–Kier alpha value is -0.630. The van der Waals surface area contributed by atoms with Crippen molar-refractivity contribution >= 4 is 17.6 Å². The highest BCUT2D eigenvalue weighted by Gasteiger charge is 2.15. The van der Waals surface area contributed by atoms with E-state index in [0.717, 1.165) is 18.3 Å². The van der Waals surface area contributed by atoms with Crippen molar-refractivity contribution in [2.75, 3.05) is 0 Å². The quantitative estimate of drug-likeness (QED) is 0.563. The van der Waals surface area contributed by atoms with E-state index in [2.05, 4.69) is 0 Å². The number of hydrogen-bond donors (Lipinski definition) is 0. The first-order valence-electron chi connectivity index (χ1n) is 3.46. The summed E-state index contributed by atoms with van der Waals surface area (Å²) >= 11 is 1.73. The van der Waals surface area contributed by atoms with E-state index >= 15 is 0 Å². The van der Waals surface area contributed by atoms with Crippen molar-refractivity contribution in [3.05, 3.63) is 21.4 Å². The van der Waals surface area contributed by atoms with Crippen molar-refractivity contribution in [2.45, 2.75) is 19.3 Å². The summed E-state index contributed by atoms with van der Waals surface area (Å²) in [5.74, 6) is 0. The third kappa shape index (κ3) is 0.721. The Morgan fingerprint density at radius 3 is 3.20 bits per heavy atom. The first kappa shape index (κ1) is 6.10. The van der Waals surface area contributed by atoms with Crippen LogP contribution in [0.4, 0.5) is 0 Å². The van der Waals surface area contributed by atoms with Crippen LogP contribution in [0, 0.1) is 0 Å². The molecule has 0 spiro atoms. The molecule has 0 fully saturated rings. The minimum absolute atomic E-state index is 0.928. The lowest BCUT2D eigenvalue weighted by Crippen LogP contribution is -1.81. The number of rotatable bonds is 1. The largest absolute Gasteiger partial charge is 0.298 e. The molecule has 1 aliphatic carbocycles. The highest BCUT2D eigenvalue weighted by atomic mass is 32.1. The zero-order chi connectivity index (χ0) is 6.97. The minimum atomic E-state index is 0.928. The van der Waals surface area contributed by atoms with Gasteiger partial charge in [0.1, 0.15) is 0 Å². The summed E-state index contributed by atoms with van der Waals surface area (Å²) in [6.07, 6.45) is 4.52. The average molecular weight is 152 g/mol. The Bertz CT molecular complexity index is 262. The molecule has 1 aromatic rings. The van der Waals surface area contributed by atoms with Gasteiger partial charge in [-0.15, -0.1) is 11.3 Å². The van der Waals surface area contributed by atoms with E-state index in [-0.39, 0.29) is 0 Å². The van der Waals surface area contributed by atoms with Crippen LogP contribution in [-0.2, 0) is 12.8 Å². The molecule has 0 radical (unpaired) electrons. The second kappa shape index (κ2) is 2.20. The molecule has 0 aromatic carbocycles. The van der Waals surface area contributed by atoms with E-state index in [0.29, 0.717) is 0 Å². The van der Waals surface area contributed by atoms with E-state index in [1.165, 1.54) is 23.3 Å². The molecule has 1 heterocycles. The lowest BCUT2D eigenvalue weighted by Gasteiger charge is -1.86. The molecule has 10 heavy (non-hydrogen) atoms. The van der Waals surface area contributed by atoms with Gasteiger partial charge in [-0.3, -0.25) is 4.79 Å². The van der Waals surface area contributed by atoms with Gasteiger partial charge in [0.15, 0.2) is 6.29 Å². The Kier molecular flexibility index (Phi) is 1.34. The Balaban J connectivity index is 2.53. The van der Waals surface area contributed by atoms with Crippen LogP contribution in [0.15, 0.2) is 5.38 Å². The lowest BCUT2D eigenvalue weighted by atomic mass is 10.2. The monoisotopic (exact) mass is 152 g/mol. The molecule has 0 N–H and O–H groups in total. The maximum atomic E-state index is 10.4. The van der Waals surface area contributed by atoms with E-state index < -0.39 is 0 Å². The summed E-state index contributed by atoms with van der Waals surface area (Å²) < 4.78 is 0. The number of aryl methyl sites for hydroxylation is 1. The molecule has 2 rings (SSSR count). The molecular formula is C8H8OS. The molecule has 0 atom stereocenters. The first-order chi connectivity index (χ1) is 4.92.